The van der Waals surface area contributed by atoms with Gasteiger partial charge in [0, 0.05) is 6.08 Å². The predicted molar refractivity (Wildman–Crippen MR) is 31.9 cm³/mol. The summed E-state index contributed by atoms with van der Waals surface area (Å²) in [7, 11) is 0. The summed E-state index contributed by atoms with van der Waals surface area (Å²) in [6.07, 6.45) is 1.06. The third-order valence-corrected chi connectivity index (χ3v) is 1.23. The maximum absolute atomic E-state index is 10.7. The molecule has 56 valence electrons. The van der Waals surface area contributed by atoms with Gasteiger partial charge in [0.2, 0.25) is 5.78 Å². The lowest BCUT2D eigenvalue weighted by Gasteiger charge is -2.23. The third kappa shape index (κ3) is 1.17. The zero-order valence-electron chi connectivity index (χ0n) is 5.50. The van der Waals surface area contributed by atoms with Crippen molar-refractivity contribution in [2.75, 3.05) is 6.61 Å². The normalized spacial score (nSPS) is 23.5. The molecule has 0 aromatic carbocycles. The summed E-state index contributed by atoms with van der Waals surface area (Å²) in [5.74, 6) is -2.64. The van der Waals surface area contributed by atoms with Gasteiger partial charge in [0.15, 0.2) is 0 Å². The van der Waals surface area contributed by atoms with E-state index >= 15 is 0 Å². The van der Waals surface area contributed by atoms with Crippen LogP contribution in [0.1, 0.15) is 6.92 Å². The van der Waals surface area contributed by atoms with Gasteiger partial charge < -0.3 is 14.9 Å². The molecule has 0 saturated heterocycles. The number of aliphatic hydroxyl groups is 2. The Balaban J connectivity index is 2.84. The summed E-state index contributed by atoms with van der Waals surface area (Å²) < 4.78 is 4.70. The zero-order valence-corrected chi connectivity index (χ0v) is 5.50. The first-order valence-electron chi connectivity index (χ1n) is 2.83. The van der Waals surface area contributed by atoms with Crippen molar-refractivity contribution in [1.82, 2.24) is 0 Å². The fourth-order valence-electron chi connectivity index (χ4n) is 0.627. The number of allylic oxidation sites excluding steroid dienone is 1. The minimum atomic E-state index is -2.32. The van der Waals surface area contributed by atoms with Crippen molar-refractivity contribution in [3.63, 3.8) is 0 Å². The van der Waals surface area contributed by atoms with Crippen LogP contribution in [-0.2, 0) is 9.53 Å². The number of hydrogen-bond acceptors (Lipinski definition) is 4. The molecule has 1 heterocycles. The molecule has 0 aromatic rings. The monoisotopic (exact) mass is 144 g/mol. The lowest BCUT2D eigenvalue weighted by molar-refractivity contribution is -0.197. The van der Waals surface area contributed by atoms with Crippen molar-refractivity contribution in [3.8, 4) is 0 Å². The van der Waals surface area contributed by atoms with Crippen LogP contribution in [0, 0.1) is 0 Å². The average Bonchev–Trinajstić information content (AvgIpc) is 1.81. The summed E-state index contributed by atoms with van der Waals surface area (Å²) in [5.41, 5.74) is 0. The summed E-state index contributed by atoms with van der Waals surface area (Å²) in [6, 6.07) is 0. The predicted octanol–water partition coefficient (Wildman–Crippen LogP) is -0.830. The van der Waals surface area contributed by atoms with E-state index in [1.54, 1.807) is 6.92 Å². The van der Waals surface area contributed by atoms with E-state index in [2.05, 4.69) is 0 Å². The van der Waals surface area contributed by atoms with E-state index in [-0.39, 0.29) is 6.61 Å². The molecular formula is C6H8O4. The van der Waals surface area contributed by atoms with E-state index in [0.29, 0.717) is 5.76 Å². The van der Waals surface area contributed by atoms with Crippen molar-refractivity contribution < 1.29 is 19.7 Å². The second-order valence-corrected chi connectivity index (χ2v) is 2.22. The van der Waals surface area contributed by atoms with Crippen LogP contribution in [0.25, 0.3) is 0 Å². The van der Waals surface area contributed by atoms with Gasteiger partial charge in [-0.3, -0.25) is 4.79 Å². The Labute approximate surface area is 57.7 Å². The molecule has 0 atom stereocenters. The van der Waals surface area contributed by atoms with Crippen LogP contribution in [-0.4, -0.2) is 28.4 Å². The molecule has 2 N–H and O–H groups in total. The highest BCUT2D eigenvalue weighted by atomic mass is 16.6. The molecule has 0 fully saturated rings. The molecule has 1 aliphatic heterocycles. The van der Waals surface area contributed by atoms with Gasteiger partial charge in [-0.2, -0.15) is 0 Å². The van der Waals surface area contributed by atoms with Crippen molar-refractivity contribution in [1.29, 1.82) is 0 Å². The van der Waals surface area contributed by atoms with Crippen LogP contribution in [0.15, 0.2) is 11.8 Å². The van der Waals surface area contributed by atoms with Crippen LogP contribution in [0.3, 0.4) is 0 Å². The van der Waals surface area contributed by atoms with Crippen LogP contribution in [0.4, 0.5) is 0 Å². The SMILES string of the molecule is CC1=CC(=O)C(O)(O)CO1. The van der Waals surface area contributed by atoms with Crippen molar-refractivity contribution in [3.05, 3.63) is 11.8 Å². The molecule has 0 spiro atoms. The highest BCUT2D eigenvalue weighted by Gasteiger charge is 2.35. The molecule has 4 heteroatoms. The van der Waals surface area contributed by atoms with Crippen molar-refractivity contribution in [2.24, 2.45) is 0 Å². The Bertz CT molecular complexity index is 192. The number of hydrogen-bond donors (Lipinski definition) is 2. The van der Waals surface area contributed by atoms with Gasteiger partial charge in [-0.1, -0.05) is 0 Å². The van der Waals surface area contributed by atoms with Crippen LogP contribution in [0.2, 0.25) is 0 Å². The van der Waals surface area contributed by atoms with Gasteiger partial charge in [-0.05, 0) is 6.92 Å². The largest absolute Gasteiger partial charge is 0.492 e. The van der Waals surface area contributed by atoms with Crippen molar-refractivity contribution in [2.45, 2.75) is 12.7 Å². The first kappa shape index (κ1) is 7.24. The van der Waals surface area contributed by atoms with E-state index in [0.717, 1.165) is 6.08 Å². The summed E-state index contributed by atoms with van der Waals surface area (Å²) in [4.78, 5) is 10.7. The van der Waals surface area contributed by atoms with Gasteiger partial charge in [0.25, 0.3) is 5.79 Å². The molecule has 1 rings (SSSR count). The van der Waals surface area contributed by atoms with Gasteiger partial charge >= 0.3 is 0 Å². The Morgan fingerprint density at radius 1 is 1.70 bits per heavy atom. The van der Waals surface area contributed by atoms with Crippen molar-refractivity contribution >= 4 is 5.78 Å². The second-order valence-electron chi connectivity index (χ2n) is 2.22. The van der Waals surface area contributed by atoms with Crippen LogP contribution < -0.4 is 0 Å². The second kappa shape index (κ2) is 2.07. The molecular weight excluding hydrogens is 136 g/mol. The molecule has 0 unspecified atom stereocenters. The summed E-state index contributed by atoms with van der Waals surface area (Å²) in [5, 5.41) is 17.6. The highest BCUT2D eigenvalue weighted by molar-refractivity contribution is 5.96. The Kier molecular flexibility index (Phi) is 1.50. The fraction of sp³-hybridized carbons (Fsp3) is 0.500. The first-order chi connectivity index (χ1) is 4.52. The molecule has 0 bridgehead atoms. The molecule has 0 amide bonds. The Hall–Kier alpha value is -0.870. The Morgan fingerprint density at radius 2 is 2.30 bits per heavy atom. The lowest BCUT2D eigenvalue weighted by atomic mass is 10.1. The maximum Gasteiger partial charge on any atom is 0.263 e. The van der Waals surface area contributed by atoms with Gasteiger partial charge in [0.05, 0.1) is 5.76 Å². The molecule has 4 nitrogen and oxygen atoms in total. The molecule has 0 aliphatic carbocycles. The van der Waals surface area contributed by atoms with E-state index in [4.69, 9.17) is 14.9 Å². The Morgan fingerprint density at radius 3 is 2.70 bits per heavy atom. The highest BCUT2D eigenvalue weighted by Crippen LogP contribution is 2.13. The van der Waals surface area contributed by atoms with E-state index in [9.17, 15) is 4.79 Å². The molecule has 0 saturated carbocycles. The lowest BCUT2D eigenvalue weighted by Crippen LogP contribution is -2.44. The van der Waals surface area contributed by atoms with Gasteiger partial charge in [0.1, 0.15) is 6.61 Å². The summed E-state index contributed by atoms with van der Waals surface area (Å²) in [6.45, 7) is 1.20. The minimum Gasteiger partial charge on any atom is -0.492 e. The van der Waals surface area contributed by atoms with Crippen LogP contribution >= 0.6 is 0 Å². The van der Waals surface area contributed by atoms with Crippen LogP contribution in [0.5, 0.6) is 0 Å². The quantitative estimate of drug-likeness (QED) is 0.435. The summed E-state index contributed by atoms with van der Waals surface area (Å²) >= 11 is 0. The number of ketones is 1. The number of rotatable bonds is 0. The van der Waals surface area contributed by atoms with E-state index < -0.39 is 11.6 Å². The topological polar surface area (TPSA) is 66.8 Å². The van der Waals surface area contributed by atoms with E-state index in [1.807, 2.05) is 0 Å². The van der Waals surface area contributed by atoms with E-state index in [1.165, 1.54) is 0 Å². The standard InChI is InChI=1S/C6H8O4/c1-4-2-5(7)6(8,9)3-10-4/h2,8-9H,3H2,1H3. The molecule has 10 heavy (non-hydrogen) atoms. The average molecular weight is 144 g/mol. The zero-order chi connectivity index (χ0) is 7.78. The number of carbonyl (C=O) groups excluding carboxylic acids is 1. The fourth-order valence-corrected chi connectivity index (χ4v) is 0.627. The molecule has 1 aliphatic rings. The van der Waals surface area contributed by atoms with Gasteiger partial charge in [-0.25, -0.2) is 0 Å². The first-order valence-corrected chi connectivity index (χ1v) is 2.83. The molecule has 0 radical (unpaired) electrons. The smallest absolute Gasteiger partial charge is 0.263 e. The molecule has 0 aromatic heterocycles. The minimum absolute atomic E-state index is 0.381. The maximum atomic E-state index is 10.7. The third-order valence-electron chi connectivity index (χ3n) is 1.23. The number of carbonyl (C=O) groups is 1. The number of ether oxygens (including phenoxy) is 1. The van der Waals surface area contributed by atoms with Gasteiger partial charge in [-0.15, -0.1) is 0 Å².